The van der Waals surface area contributed by atoms with Crippen molar-refractivity contribution in [1.82, 2.24) is 0 Å². The SMILES string of the molecule is Cc1cccc(/C=C/c2ccc3cc(/C=C/c4ccc5cc(/C=C/c6cccc(C)c6)ccc5c4)ccc3c2)c1. The number of hydrogen-bond donors (Lipinski definition) is 0. The van der Waals surface area contributed by atoms with Crippen molar-refractivity contribution >= 4 is 58.0 Å². The van der Waals surface area contributed by atoms with E-state index in [0.29, 0.717) is 0 Å². The number of benzene rings is 6. The number of fused-ring (bicyclic) bond motifs is 2. The fraction of sp³-hybridized carbons (Fsp3) is 0.0500. The zero-order chi connectivity index (χ0) is 27.3. The molecule has 0 nitrogen and oxygen atoms in total. The van der Waals surface area contributed by atoms with Gasteiger partial charge in [0, 0.05) is 0 Å². The third-order valence-corrected chi connectivity index (χ3v) is 7.27. The summed E-state index contributed by atoms with van der Waals surface area (Å²) in [4.78, 5) is 0. The smallest absolute Gasteiger partial charge is 0.0178 e. The second-order valence-corrected chi connectivity index (χ2v) is 10.6. The van der Waals surface area contributed by atoms with Gasteiger partial charge in [-0.25, -0.2) is 0 Å². The van der Waals surface area contributed by atoms with Crippen LogP contribution in [0.2, 0.25) is 0 Å². The molecule has 40 heavy (non-hydrogen) atoms. The quantitative estimate of drug-likeness (QED) is 0.195. The Morgan fingerprint density at radius 2 is 0.575 bits per heavy atom. The van der Waals surface area contributed by atoms with Gasteiger partial charge in [-0.15, -0.1) is 0 Å². The van der Waals surface area contributed by atoms with Crippen LogP contribution in [0.4, 0.5) is 0 Å². The van der Waals surface area contributed by atoms with E-state index >= 15 is 0 Å². The molecule has 0 amide bonds. The monoisotopic (exact) mass is 512 g/mol. The molecule has 0 spiro atoms. The minimum absolute atomic E-state index is 1.20. The highest BCUT2D eigenvalue weighted by Crippen LogP contribution is 2.23. The average molecular weight is 513 g/mol. The van der Waals surface area contributed by atoms with Gasteiger partial charge in [-0.2, -0.15) is 0 Å². The van der Waals surface area contributed by atoms with Gasteiger partial charge in [0.2, 0.25) is 0 Å². The summed E-state index contributed by atoms with van der Waals surface area (Å²) in [6.45, 7) is 4.25. The Morgan fingerprint density at radius 1 is 0.300 bits per heavy atom. The summed E-state index contributed by atoms with van der Waals surface area (Å²) in [6, 6.07) is 43.8. The molecule has 0 radical (unpaired) electrons. The third-order valence-electron chi connectivity index (χ3n) is 7.27. The van der Waals surface area contributed by atoms with Gasteiger partial charge in [0.05, 0.1) is 0 Å². The summed E-state index contributed by atoms with van der Waals surface area (Å²) in [5.74, 6) is 0. The van der Waals surface area contributed by atoms with Gasteiger partial charge in [0.1, 0.15) is 0 Å². The van der Waals surface area contributed by atoms with E-state index < -0.39 is 0 Å². The molecule has 6 aromatic rings. The van der Waals surface area contributed by atoms with Crippen molar-refractivity contribution in [3.63, 3.8) is 0 Å². The second kappa shape index (κ2) is 11.4. The first-order valence-corrected chi connectivity index (χ1v) is 13.8. The van der Waals surface area contributed by atoms with Gasteiger partial charge in [-0.1, -0.05) is 145 Å². The van der Waals surface area contributed by atoms with E-state index in [0.717, 1.165) is 0 Å². The predicted molar refractivity (Wildman–Crippen MR) is 177 cm³/mol. The molecule has 0 unspecified atom stereocenters. The van der Waals surface area contributed by atoms with E-state index in [-0.39, 0.29) is 0 Å². The molecule has 0 heteroatoms. The Kier molecular flexibility index (Phi) is 7.24. The van der Waals surface area contributed by atoms with Crippen LogP contribution in [0.15, 0.2) is 121 Å². The fourth-order valence-corrected chi connectivity index (χ4v) is 5.10. The van der Waals surface area contributed by atoms with Gasteiger partial charge in [0.15, 0.2) is 0 Å². The van der Waals surface area contributed by atoms with Crippen molar-refractivity contribution in [3.8, 4) is 0 Å². The van der Waals surface area contributed by atoms with Gasteiger partial charge < -0.3 is 0 Å². The molecular weight excluding hydrogens is 480 g/mol. The summed E-state index contributed by atoms with van der Waals surface area (Å²) in [7, 11) is 0. The Bertz CT molecular complexity index is 1770. The Balaban J connectivity index is 1.16. The van der Waals surface area contributed by atoms with Crippen LogP contribution in [-0.2, 0) is 0 Å². The van der Waals surface area contributed by atoms with E-state index in [1.54, 1.807) is 0 Å². The van der Waals surface area contributed by atoms with E-state index in [4.69, 9.17) is 0 Å². The number of hydrogen-bond acceptors (Lipinski definition) is 0. The molecule has 0 N–H and O–H groups in total. The van der Waals surface area contributed by atoms with Gasteiger partial charge >= 0.3 is 0 Å². The van der Waals surface area contributed by atoms with Crippen LogP contribution in [0.5, 0.6) is 0 Å². The molecule has 0 bridgehead atoms. The van der Waals surface area contributed by atoms with Crippen LogP contribution in [0.1, 0.15) is 44.5 Å². The first-order chi connectivity index (χ1) is 19.6. The van der Waals surface area contributed by atoms with Crippen molar-refractivity contribution in [2.24, 2.45) is 0 Å². The summed E-state index contributed by atoms with van der Waals surface area (Å²) in [6.07, 6.45) is 13.1. The lowest BCUT2D eigenvalue weighted by Gasteiger charge is -2.04. The molecule has 0 fully saturated rings. The minimum Gasteiger partial charge on any atom is -0.0614 e. The lowest BCUT2D eigenvalue weighted by atomic mass is 10.0. The minimum atomic E-state index is 1.20. The maximum absolute atomic E-state index is 2.26. The zero-order valence-electron chi connectivity index (χ0n) is 23.0. The van der Waals surface area contributed by atoms with Crippen molar-refractivity contribution in [1.29, 1.82) is 0 Å². The van der Waals surface area contributed by atoms with Crippen LogP contribution in [0.3, 0.4) is 0 Å². The first kappa shape index (κ1) is 25.3. The topological polar surface area (TPSA) is 0 Å². The zero-order valence-corrected chi connectivity index (χ0v) is 23.0. The van der Waals surface area contributed by atoms with Gasteiger partial charge in [-0.3, -0.25) is 0 Å². The maximum atomic E-state index is 2.26. The molecule has 0 aromatic heterocycles. The third kappa shape index (κ3) is 6.20. The summed E-state index contributed by atoms with van der Waals surface area (Å²) in [5, 5.41) is 5.00. The predicted octanol–water partition coefficient (Wildman–Crippen LogP) is 11.1. The molecule has 0 aliphatic heterocycles. The maximum Gasteiger partial charge on any atom is -0.0178 e. The highest BCUT2D eigenvalue weighted by atomic mass is 14.0. The molecule has 192 valence electrons. The normalized spacial score (nSPS) is 11.9. The highest BCUT2D eigenvalue weighted by molar-refractivity contribution is 5.91. The first-order valence-electron chi connectivity index (χ1n) is 13.8. The average Bonchev–Trinajstić information content (AvgIpc) is 2.98. The Labute approximate surface area is 237 Å². The van der Waals surface area contributed by atoms with E-state index in [1.165, 1.54) is 66.1 Å². The van der Waals surface area contributed by atoms with Crippen LogP contribution in [-0.4, -0.2) is 0 Å². The Hall–Kier alpha value is -4.94. The molecule has 0 saturated carbocycles. The van der Waals surface area contributed by atoms with E-state index in [1.807, 2.05) is 0 Å². The summed E-state index contributed by atoms with van der Waals surface area (Å²) >= 11 is 0. The molecule has 6 aromatic carbocycles. The standard InChI is InChI=1S/C40H32/c1-29-5-3-7-31(23-29)9-11-33-15-19-39-27-35(17-21-37(39)25-33)13-14-36-18-22-38-26-34(16-20-40(38)28-36)12-10-32-8-4-6-30(2)24-32/h3-28H,1-2H3/b11-9+,12-10+,14-13+. The lowest BCUT2D eigenvalue weighted by molar-refractivity contribution is 1.46. The van der Waals surface area contributed by atoms with Crippen LogP contribution >= 0.6 is 0 Å². The lowest BCUT2D eigenvalue weighted by Crippen LogP contribution is -1.80. The van der Waals surface area contributed by atoms with Crippen molar-refractivity contribution in [3.05, 3.63) is 166 Å². The Morgan fingerprint density at radius 3 is 0.850 bits per heavy atom. The molecule has 0 atom stereocenters. The van der Waals surface area contributed by atoms with Crippen molar-refractivity contribution < 1.29 is 0 Å². The molecule has 0 heterocycles. The summed E-state index contributed by atoms with van der Waals surface area (Å²) < 4.78 is 0. The van der Waals surface area contributed by atoms with Gasteiger partial charge in [-0.05, 0) is 93.0 Å². The van der Waals surface area contributed by atoms with E-state index in [9.17, 15) is 0 Å². The summed E-state index contributed by atoms with van der Waals surface area (Å²) in [5.41, 5.74) is 9.83. The molecule has 0 saturated heterocycles. The van der Waals surface area contributed by atoms with Gasteiger partial charge in [0.25, 0.3) is 0 Å². The van der Waals surface area contributed by atoms with Crippen LogP contribution in [0.25, 0.3) is 58.0 Å². The van der Waals surface area contributed by atoms with Crippen molar-refractivity contribution in [2.45, 2.75) is 13.8 Å². The van der Waals surface area contributed by atoms with Crippen LogP contribution in [0, 0.1) is 13.8 Å². The highest BCUT2D eigenvalue weighted by Gasteiger charge is 1.99. The van der Waals surface area contributed by atoms with Crippen molar-refractivity contribution in [2.75, 3.05) is 0 Å². The number of aryl methyl sites for hydroxylation is 2. The number of rotatable bonds is 6. The van der Waals surface area contributed by atoms with E-state index in [2.05, 4.69) is 172 Å². The largest absolute Gasteiger partial charge is 0.0614 e. The second-order valence-electron chi connectivity index (χ2n) is 10.6. The molecular formula is C40H32. The van der Waals surface area contributed by atoms with Crippen LogP contribution < -0.4 is 0 Å². The molecule has 6 rings (SSSR count). The molecule has 0 aliphatic carbocycles. The molecule has 0 aliphatic rings. The fourth-order valence-electron chi connectivity index (χ4n) is 5.10.